The number of carbonyl (C=O) groups is 3. The zero-order chi connectivity index (χ0) is 15.6. The van der Waals surface area contributed by atoms with Crippen molar-refractivity contribution in [2.24, 2.45) is 0 Å². The number of nitrogens with zero attached hydrogens (tertiary/aromatic N) is 1. The molecule has 1 aliphatic heterocycles. The molecule has 3 amide bonds. The number of esters is 1. The molecule has 112 valence electrons. The minimum absolute atomic E-state index is 0.0993. The molecule has 1 N–H and O–H groups in total. The summed E-state index contributed by atoms with van der Waals surface area (Å²) in [5.41, 5.74) is -0.253. The van der Waals surface area contributed by atoms with E-state index in [1.54, 1.807) is 0 Å². The van der Waals surface area contributed by atoms with Crippen LogP contribution in [0.1, 0.15) is 10.4 Å². The summed E-state index contributed by atoms with van der Waals surface area (Å²) >= 11 is 11.3. The van der Waals surface area contributed by atoms with Crippen LogP contribution in [0.5, 0.6) is 0 Å². The van der Waals surface area contributed by atoms with E-state index in [-0.39, 0.29) is 22.2 Å². The first-order chi connectivity index (χ1) is 9.90. The fourth-order valence-electron chi connectivity index (χ4n) is 1.67. The summed E-state index contributed by atoms with van der Waals surface area (Å²) in [7, 11) is 0. The van der Waals surface area contributed by atoms with Crippen LogP contribution < -0.4 is 5.32 Å². The second-order valence-electron chi connectivity index (χ2n) is 4.10. The lowest BCUT2D eigenvalue weighted by Crippen LogP contribution is -2.37. The molecule has 0 spiro atoms. The Balaban J connectivity index is 2.00. The number of benzene rings is 1. The zero-order valence-electron chi connectivity index (χ0n) is 10.5. The van der Waals surface area contributed by atoms with Gasteiger partial charge in [-0.1, -0.05) is 23.2 Å². The van der Waals surface area contributed by atoms with E-state index in [2.05, 4.69) is 5.32 Å². The molecule has 1 fully saturated rings. The second kappa shape index (κ2) is 6.28. The van der Waals surface area contributed by atoms with Crippen molar-refractivity contribution in [1.29, 1.82) is 0 Å². The Morgan fingerprint density at radius 3 is 2.67 bits per heavy atom. The van der Waals surface area contributed by atoms with Gasteiger partial charge in [-0.05, 0) is 12.1 Å². The van der Waals surface area contributed by atoms with Crippen molar-refractivity contribution in [3.63, 3.8) is 0 Å². The van der Waals surface area contributed by atoms with E-state index in [0.717, 1.165) is 17.0 Å². The summed E-state index contributed by atoms with van der Waals surface area (Å²) in [4.78, 5) is 35.5. The van der Waals surface area contributed by atoms with E-state index in [4.69, 9.17) is 27.9 Å². The van der Waals surface area contributed by atoms with Crippen molar-refractivity contribution >= 4 is 41.1 Å². The number of hydrogen-bond donors (Lipinski definition) is 1. The molecular weight excluding hydrogens is 326 g/mol. The molecule has 2 rings (SSSR count). The van der Waals surface area contributed by atoms with Crippen molar-refractivity contribution in [2.75, 3.05) is 19.7 Å². The molecule has 0 saturated carbocycles. The highest BCUT2D eigenvalue weighted by Crippen LogP contribution is 2.24. The number of urea groups is 1. The Morgan fingerprint density at radius 1 is 1.33 bits per heavy atom. The van der Waals surface area contributed by atoms with Crippen LogP contribution in [0.4, 0.5) is 9.18 Å². The largest absolute Gasteiger partial charge is 0.452 e. The molecule has 1 aromatic carbocycles. The summed E-state index contributed by atoms with van der Waals surface area (Å²) in [6.45, 7) is -0.106. The van der Waals surface area contributed by atoms with Gasteiger partial charge in [0.1, 0.15) is 5.82 Å². The summed E-state index contributed by atoms with van der Waals surface area (Å²) in [6.07, 6.45) is 0. The van der Waals surface area contributed by atoms with Gasteiger partial charge in [-0.2, -0.15) is 0 Å². The van der Waals surface area contributed by atoms with Crippen LogP contribution in [0, 0.1) is 5.82 Å². The lowest BCUT2D eigenvalue weighted by Gasteiger charge is -2.12. The van der Waals surface area contributed by atoms with Crippen molar-refractivity contribution in [1.82, 2.24) is 10.2 Å². The Bertz CT molecular complexity index is 624. The SMILES string of the molecule is O=C(OCC(=O)N1CCNC1=O)c1cc(F)c(Cl)cc1Cl. The zero-order valence-corrected chi connectivity index (χ0v) is 12.0. The van der Waals surface area contributed by atoms with E-state index in [0.29, 0.717) is 6.54 Å². The number of amides is 3. The Hall–Kier alpha value is -1.86. The highest BCUT2D eigenvalue weighted by molar-refractivity contribution is 6.36. The second-order valence-corrected chi connectivity index (χ2v) is 4.91. The molecule has 0 aromatic heterocycles. The lowest BCUT2D eigenvalue weighted by atomic mass is 10.2. The minimum atomic E-state index is -0.983. The molecule has 21 heavy (non-hydrogen) atoms. The van der Waals surface area contributed by atoms with Gasteiger partial charge < -0.3 is 10.1 Å². The van der Waals surface area contributed by atoms with Gasteiger partial charge in [0.05, 0.1) is 15.6 Å². The van der Waals surface area contributed by atoms with E-state index in [1.807, 2.05) is 0 Å². The first-order valence-electron chi connectivity index (χ1n) is 5.80. The van der Waals surface area contributed by atoms with Crippen LogP contribution in [0.25, 0.3) is 0 Å². The van der Waals surface area contributed by atoms with Crippen LogP contribution in [0.3, 0.4) is 0 Å². The molecule has 1 saturated heterocycles. The van der Waals surface area contributed by atoms with Gasteiger partial charge in [-0.3, -0.25) is 9.69 Å². The third kappa shape index (κ3) is 3.43. The fraction of sp³-hybridized carbons (Fsp3) is 0.250. The topological polar surface area (TPSA) is 75.7 Å². The van der Waals surface area contributed by atoms with Crippen molar-refractivity contribution < 1.29 is 23.5 Å². The van der Waals surface area contributed by atoms with Gasteiger partial charge in [0.2, 0.25) is 0 Å². The average Bonchev–Trinajstić information content (AvgIpc) is 2.86. The normalized spacial score (nSPS) is 14.0. The third-order valence-corrected chi connectivity index (χ3v) is 3.32. The van der Waals surface area contributed by atoms with E-state index in [9.17, 15) is 18.8 Å². The standard InChI is InChI=1S/C12H9Cl2FN2O4/c13-7-4-8(14)9(15)3-6(7)11(19)21-5-10(18)17-2-1-16-12(17)20/h3-4H,1-2,5H2,(H,16,20). The molecule has 1 heterocycles. The predicted octanol–water partition coefficient (Wildman–Crippen LogP) is 1.84. The highest BCUT2D eigenvalue weighted by Gasteiger charge is 2.27. The molecule has 9 heteroatoms. The van der Waals surface area contributed by atoms with Crippen molar-refractivity contribution in [2.45, 2.75) is 0 Å². The Morgan fingerprint density at radius 2 is 2.05 bits per heavy atom. The van der Waals surface area contributed by atoms with Gasteiger partial charge >= 0.3 is 12.0 Å². The number of rotatable bonds is 3. The van der Waals surface area contributed by atoms with Gasteiger partial charge in [-0.25, -0.2) is 14.0 Å². The quantitative estimate of drug-likeness (QED) is 0.676. The maximum absolute atomic E-state index is 13.3. The molecule has 0 atom stereocenters. The van der Waals surface area contributed by atoms with Crippen LogP contribution in [0.15, 0.2) is 12.1 Å². The molecule has 0 aliphatic carbocycles. The maximum atomic E-state index is 13.3. The van der Waals surface area contributed by atoms with Crippen LogP contribution >= 0.6 is 23.2 Å². The molecule has 1 aliphatic rings. The molecule has 6 nitrogen and oxygen atoms in total. The number of ether oxygens (including phenoxy) is 1. The number of halogens is 3. The smallest absolute Gasteiger partial charge is 0.340 e. The van der Waals surface area contributed by atoms with E-state index < -0.39 is 30.3 Å². The van der Waals surface area contributed by atoms with Gasteiger partial charge in [-0.15, -0.1) is 0 Å². The molecule has 0 bridgehead atoms. The highest BCUT2D eigenvalue weighted by atomic mass is 35.5. The predicted molar refractivity (Wildman–Crippen MR) is 71.8 cm³/mol. The number of hydrogen-bond acceptors (Lipinski definition) is 4. The third-order valence-electron chi connectivity index (χ3n) is 2.71. The fourth-order valence-corrected chi connectivity index (χ4v) is 2.13. The summed E-state index contributed by atoms with van der Waals surface area (Å²) < 4.78 is 18.0. The molecular formula is C12H9Cl2FN2O4. The van der Waals surface area contributed by atoms with Crippen LogP contribution in [0.2, 0.25) is 10.0 Å². The van der Waals surface area contributed by atoms with Crippen molar-refractivity contribution in [3.8, 4) is 0 Å². The van der Waals surface area contributed by atoms with Crippen LogP contribution in [-0.4, -0.2) is 42.5 Å². The monoisotopic (exact) mass is 334 g/mol. The van der Waals surface area contributed by atoms with Gasteiger partial charge in [0, 0.05) is 13.1 Å². The first kappa shape index (κ1) is 15.5. The summed E-state index contributed by atoms with van der Waals surface area (Å²) in [6, 6.07) is 1.33. The van der Waals surface area contributed by atoms with Gasteiger partial charge in [0.25, 0.3) is 5.91 Å². The molecule has 0 unspecified atom stereocenters. The first-order valence-corrected chi connectivity index (χ1v) is 6.55. The molecule has 0 radical (unpaired) electrons. The van der Waals surface area contributed by atoms with Crippen molar-refractivity contribution in [3.05, 3.63) is 33.6 Å². The van der Waals surface area contributed by atoms with E-state index >= 15 is 0 Å². The Kier molecular flexibility index (Phi) is 4.64. The number of imide groups is 1. The average molecular weight is 335 g/mol. The number of nitrogens with one attached hydrogen (secondary N) is 1. The lowest BCUT2D eigenvalue weighted by molar-refractivity contribution is -0.130. The summed E-state index contributed by atoms with van der Waals surface area (Å²) in [5.74, 6) is -2.49. The van der Waals surface area contributed by atoms with E-state index in [1.165, 1.54) is 0 Å². The minimum Gasteiger partial charge on any atom is -0.452 e. The van der Waals surface area contributed by atoms with Gasteiger partial charge in [0.15, 0.2) is 6.61 Å². The number of carbonyl (C=O) groups excluding carboxylic acids is 3. The Labute approximate surface area is 128 Å². The van der Waals surface area contributed by atoms with Crippen LogP contribution in [-0.2, 0) is 9.53 Å². The maximum Gasteiger partial charge on any atom is 0.340 e. The summed E-state index contributed by atoms with van der Waals surface area (Å²) in [5, 5.41) is 2.10. The molecule has 1 aromatic rings.